The highest BCUT2D eigenvalue weighted by Gasteiger charge is 2.21. The maximum atomic E-state index is 9.88. The molecule has 0 radical (unpaired) electrons. The minimum absolute atomic E-state index is 0.302. The molecule has 78 valence electrons. The van der Waals surface area contributed by atoms with E-state index >= 15 is 0 Å². The molecule has 0 aliphatic heterocycles. The highest BCUT2D eigenvalue weighted by atomic mass is 16.3. The van der Waals surface area contributed by atoms with Gasteiger partial charge in [-0.05, 0) is 18.9 Å². The predicted octanol–water partition coefficient (Wildman–Crippen LogP) is 3.16. The van der Waals surface area contributed by atoms with Crippen molar-refractivity contribution in [2.75, 3.05) is 0 Å². The maximum Gasteiger partial charge on any atom is 0.109 e. The third-order valence-corrected chi connectivity index (χ3v) is 2.92. The van der Waals surface area contributed by atoms with Gasteiger partial charge in [-0.1, -0.05) is 20.3 Å². The van der Waals surface area contributed by atoms with Crippen molar-refractivity contribution >= 4 is 0 Å². The molecular formula is C12H18O2. The quantitative estimate of drug-likeness (QED) is 0.697. The molecule has 1 unspecified atom stereocenters. The first-order chi connectivity index (χ1) is 6.68. The predicted molar refractivity (Wildman–Crippen MR) is 55.3 cm³/mol. The van der Waals surface area contributed by atoms with E-state index in [0.29, 0.717) is 5.92 Å². The second-order valence-corrected chi connectivity index (χ2v) is 4.44. The number of rotatable bonds is 1. The molecule has 0 fully saturated rings. The zero-order valence-electron chi connectivity index (χ0n) is 8.92. The number of aliphatic hydroxyl groups excluding tert-OH is 1. The topological polar surface area (TPSA) is 33.4 Å². The monoisotopic (exact) mass is 194 g/mol. The van der Waals surface area contributed by atoms with Crippen LogP contribution in [0.25, 0.3) is 0 Å². The van der Waals surface area contributed by atoms with Crippen LogP contribution in [0.2, 0.25) is 0 Å². The average Bonchev–Trinajstić information content (AvgIpc) is 2.49. The van der Waals surface area contributed by atoms with Gasteiger partial charge in [-0.15, -0.1) is 0 Å². The molecule has 0 spiro atoms. The molecule has 0 bridgehead atoms. The number of fused-ring (bicyclic) bond motifs is 1. The van der Waals surface area contributed by atoms with Crippen molar-refractivity contribution in [3.63, 3.8) is 0 Å². The van der Waals surface area contributed by atoms with E-state index in [9.17, 15) is 5.11 Å². The van der Waals surface area contributed by atoms with Gasteiger partial charge in [-0.3, -0.25) is 0 Å². The minimum atomic E-state index is -0.302. The lowest BCUT2D eigenvalue weighted by Crippen LogP contribution is -1.94. The summed E-state index contributed by atoms with van der Waals surface area (Å²) >= 11 is 0. The van der Waals surface area contributed by atoms with Crippen LogP contribution in [0.4, 0.5) is 0 Å². The van der Waals surface area contributed by atoms with Gasteiger partial charge in [0.1, 0.15) is 11.5 Å². The Labute approximate surface area is 84.9 Å². The van der Waals surface area contributed by atoms with E-state index in [0.717, 1.165) is 42.8 Å². The molecule has 0 aromatic carbocycles. The van der Waals surface area contributed by atoms with Crippen LogP contribution in [0, 0.1) is 0 Å². The van der Waals surface area contributed by atoms with Crippen molar-refractivity contribution in [3.8, 4) is 0 Å². The fraction of sp³-hybridized carbons (Fsp3) is 0.667. The summed E-state index contributed by atoms with van der Waals surface area (Å²) in [6.07, 6.45) is 3.80. The van der Waals surface area contributed by atoms with Crippen LogP contribution in [0.3, 0.4) is 0 Å². The Morgan fingerprint density at radius 2 is 2.21 bits per heavy atom. The fourth-order valence-corrected chi connectivity index (χ4v) is 2.01. The highest BCUT2D eigenvalue weighted by Crippen LogP contribution is 2.33. The molecular weight excluding hydrogens is 176 g/mol. The third kappa shape index (κ3) is 1.71. The van der Waals surface area contributed by atoms with Crippen molar-refractivity contribution in [3.05, 3.63) is 23.2 Å². The molecule has 0 amide bonds. The molecule has 1 N–H and O–H groups in total. The number of aryl methyl sites for hydroxylation is 1. The molecule has 14 heavy (non-hydrogen) atoms. The van der Waals surface area contributed by atoms with E-state index < -0.39 is 0 Å². The lowest BCUT2D eigenvalue weighted by atomic mass is 10.1. The Hall–Kier alpha value is -0.760. The molecule has 0 saturated heterocycles. The minimum Gasteiger partial charge on any atom is -0.465 e. The normalized spacial score (nSPS) is 22.1. The summed E-state index contributed by atoms with van der Waals surface area (Å²) in [6.45, 7) is 4.23. The van der Waals surface area contributed by atoms with Crippen LogP contribution in [0.5, 0.6) is 0 Å². The van der Waals surface area contributed by atoms with Crippen LogP contribution in [-0.4, -0.2) is 5.11 Å². The Bertz CT molecular complexity index is 312. The first-order valence-electron chi connectivity index (χ1n) is 5.49. The summed E-state index contributed by atoms with van der Waals surface area (Å²) in [4.78, 5) is 0. The van der Waals surface area contributed by atoms with Crippen molar-refractivity contribution < 1.29 is 9.52 Å². The average molecular weight is 194 g/mol. The SMILES string of the molecule is CC(C)c1cc2c(o1)CCCCC2O. The maximum absolute atomic E-state index is 9.88. The molecule has 2 rings (SSSR count). The van der Waals surface area contributed by atoms with Crippen molar-refractivity contribution in [1.82, 2.24) is 0 Å². The van der Waals surface area contributed by atoms with Crippen LogP contribution in [-0.2, 0) is 6.42 Å². The number of hydrogen-bond acceptors (Lipinski definition) is 2. The van der Waals surface area contributed by atoms with E-state index in [4.69, 9.17) is 4.42 Å². The van der Waals surface area contributed by atoms with Crippen LogP contribution >= 0.6 is 0 Å². The largest absolute Gasteiger partial charge is 0.465 e. The van der Waals surface area contributed by atoms with Crippen LogP contribution in [0.15, 0.2) is 10.5 Å². The molecule has 1 heterocycles. The lowest BCUT2D eigenvalue weighted by molar-refractivity contribution is 0.166. The molecule has 1 aliphatic carbocycles. The second-order valence-electron chi connectivity index (χ2n) is 4.44. The Morgan fingerprint density at radius 3 is 2.93 bits per heavy atom. The molecule has 2 heteroatoms. The summed E-state index contributed by atoms with van der Waals surface area (Å²) in [5.74, 6) is 2.43. The second kappa shape index (κ2) is 3.77. The zero-order valence-corrected chi connectivity index (χ0v) is 8.92. The first kappa shape index (κ1) is 9.78. The van der Waals surface area contributed by atoms with E-state index in [1.54, 1.807) is 0 Å². The van der Waals surface area contributed by atoms with Gasteiger partial charge in [0.15, 0.2) is 0 Å². The van der Waals surface area contributed by atoms with E-state index in [1.807, 2.05) is 6.07 Å². The number of hydrogen-bond donors (Lipinski definition) is 1. The van der Waals surface area contributed by atoms with Crippen LogP contribution < -0.4 is 0 Å². The third-order valence-electron chi connectivity index (χ3n) is 2.92. The number of furan rings is 1. The van der Waals surface area contributed by atoms with Gasteiger partial charge in [-0.2, -0.15) is 0 Å². The van der Waals surface area contributed by atoms with Crippen LogP contribution in [0.1, 0.15) is 62.2 Å². The van der Waals surface area contributed by atoms with Gasteiger partial charge >= 0.3 is 0 Å². The number of aliphatic hydroxyl groups is 1. The van der Waals surface area contributed by atoms with Gasteiger partial charge in [0, 0.05) is 17.9 Å². The lowest BCUT2D eigenvalue weighted by Gasteiger charge is -2.04. The van der Waals surface area contributed by atoms with Gasteiger partial charge in [0.05, 0.1) is 6.10 Å². The standard InChI is InChI=1S/C12H18O2/c1-8(2)12-7-9-10(13)5-3-4-6-11(9)14-12/h7-8,10,13H,3-6H2,1-2H3. The van der Waals surface area contributed by atoms with Crippen molar-refractivity contribution in [2.45, 2.75) is 51.6 Å². The van der Waals surface area contributed by atoms with Crippen molar-refractivity contribution in [1.29, 1.82) is 0 Å². The molecule has 1 aliphatic rings. The summed E-state index contributed by atoms with van der Waals surface area (Å²) in [6, 6.07) is 2.04. The zero-order chi connectivity index (χ0) is 10.1. The van der Waals surface area contributed by atoms with Gasteiger partial charge < -0.3 is 9.52 Å². The van der Waals surface area contributed by atoms with E-state index in [2.05, 4.69) is 13.8 Å². The van der Waals surface area contributed by atoms with E-state index in [-0.39, 0.29) is 6.10 Å². The summed E-state index contributed by atoms with van der Waals surface area (Å²) in [5.41, 5.74) is 1.03. The summed E-state index contributed by atoms with van der Waals surface area (Å²) < 4.78 is 5.76. The summed E-state index contributed by atoms with van der Waals surface area (Å²) in [7, 11) is 0. The molecule has 2 nitrogen and oxygen atoms in total. The van der Waals surface area contributed by atoms with E-state index in [1.165, 1.54) is 0 Å². The Kier molecular flexibility index (Phi) is 2.64. The molecule has 1 atom stereocenters. The highest BCUT2D eigenvalue weighted by molar-refractivity contribution is 5.26. The van der Waals surface area contributed by atoms with Gasteiger partial charge in [0.2, 0.25) is 0 Å². The molecule has 1 aromatic heterocycles. The van der Waals surface area contributed by atoms with Gasteiger partial charge in [0.25, 0.3) is 0 Å². The molecule has 0 saturated carbocycles. The Balaban J connectivity index is 2.34. The smallest absolute Gasteiger partial charge is 0.109 e. The fourth-order valence-electron chi connectivity index (χ4n) is 2.01. The first-order valence-corrected chi connectivity index (χ1v) is 5.49. The summed E-state index contributed by atoms with van der Waals surface area (Å²) in [5, 5.41) is 9.88. The Morgan fingerprint density at radius 1 is 1.43 bits per heavy atom. The molecule has 1 aromatic rings. The van der Waals surface area contributed by atoms with Gasteiger partial charge in [-0.25, -0.2) is 0 Å². The van der Waals surface area contributed by atoms with Crippen molar-refractivity contribution in [2.24, 2.45) is 0 Å².